The lowest BCUT2D eigenvalue weighted by Crippen LogP contribution is -1.91. The van der Waals surface area contributed by atoms with Gasteiger partial charge < -0.3 is 9.15 Å². The lowest BCUT2D eigenvalue weighted by Gasteiger charge is -1.90. The largest absolute Gasteiger partial charge is 0.501 e. The first-order valence-electron chi connectivity index (χ1n) is 3.69. The van der Waals surface area contributed by atoms with E-state index in [2.05, 4.69) is 0 Å². The fourth-order valence-corrected chi connectivity index (χ4v) is 0.707. The standard InChI is InChI=1S/C9H10O3/c1-2-11-6-4-9(10)8-3-5-12-7-8/h3-7H,2H2,1H3. The Kier molecular flexibility index (Phi) is 3.14. The minimum absolute atomic E-state index is 0.114. The van der Waals surface area contributed by atoms with Crippen molar-refractivity contribution in [2.45, 2.75) is 6.92 Å². The van der Waals surface area contributed by atoms with E-state index in [1.165, 1.54) is 24.9 Å². The summed E-state index contributed by atoms with van der Waals surface area (Å²) in [6, 6.07) is 1.61. The number of hydrogen-bond donors (Lipinski definition) is 0. The van der Waals surface area contributed by atoms with Crippen molar-refractivity contribution in [2.24, 2.45) is 0 Å². The topological polar surface area (TPSA) is 39.4 Å². The third kappa shape index (κ3) is 2.27. The highest BCUT2D eigenvalue weighted by atomic mass is 16.5. The van der Waals surface area contributed by atoms with Crippen LogP contribution in [0.4, 0.5) is 0 Å². The number of ketones is 1. The van der Waals surface area contributed by atoms with Crippen LogP contribution in [0, 0.1) is 0 Å². The van der Waals surface area contributed by atoms with Crippen molar-refractivity contribution in [1.29, 1.82) is 0 Å². The second-order valence-electron chi connectivity index (χ2n) is 2.13. The molecule has 0 aliphatic rings. The van der Waals surface area contributed by atoms with E-state index >= 15 is 0 Å². The smallest absolute Gasteiger partial charge is 0.192 e. The van der Waals surface area contributed by atoms with Gasteiger partial charge in [0.1, 0.15) is 6.26 Å². The number of carbonyl (C=O) groups is 1. The first kappa shape index (κ1) is 8.59. The highest BCUT2D eigenvalue weighted by Gasteiger charge is 2.01. The molecule has 0 fully saturated rings. The Balaban J connectivity index is 2.50. The van der Waals surface area contributed by atoms with Crippen LogP contribution in [0.15, 0.2) is 35.3 Å². The summed E-state index contributed by atoms with van der Waals surface area (Å²) in [6.07, 6.45) is 5.62. The van der Waals surface area contributed by atoms with Gasteiger partial charge in [-0.3, -0.25) is 4.79 Å². The maximum atomic E-state index is 11.2. The van der Waals surface area contributed by atoms with Crippen molar-refractivity contribution < 1.29 is 13.9 Å². The Hall–Kier alpha value is -1.51. The summed E-state index contributed by atoms with van der Waals surface area (Å²) in [6.45, 7) is 2.42. The molecule has 1 aromatic heterocycles. The number of ether oxygens (including phenoxy) is 1. The van der Waals surface area contributed by atoms with E-state index in [4.69, 9.17) is 9.15 Å². The van der Waals surface area contributed by atoms with Gasteiger partial charge in [-0.05, 0) is 13.0 Å². The molecule has 0 N–H and O–H groups in total. The minimum Gasteiger partial charge on any atom is -0.501 e. The summed E-state index contributed by atoms with van der Waals surface area (Å²) in [4.78, 5) is 11.2. The molecule has 1 rings (SSSR count). The Morgan fingerprint density at radius 2 is 2.58 bits per heavy atom. The fourth-order valence-electron chi connectivity index (χ4n) is 0.707. The van der Waals surface area contributed by atoms with E-state index in [0.29, 0.717) is 12.2 Å². The fraction of sp³-hybridized carbons (Fsp3) is 0.222. The van der Waals surface area contributed by atoms with Crippen molar-refractivity contribution in [3.05, 3.63) is 36.5 Å². The van der Waals surface area contributed by atoms with Gasteiger partial charge in [-0.2, -0.15) is 0 Å². The summed E-state index contributed by atoms with van der Waals surface area (Å²) in [5.74, 6) is -0.114. The van der Waals surface area contributed by atoms with Crippen molar-refractivity contribution in [2.75, 3.05) is 6.61 Å². The SMILES string of the molecule is CCOC=CC(=O)c1ccoc1. The molecule has 1 aromatic rings. The van der Waals surface area contributed by atoms with Crippen LogP contribution in [0.5, 0.6) is 0 Å². The second kappa shape index (κ2) is 4.38. The van der Waals surface area contributed by atoms with Gasteiger partial charge in [0.2, 0.25) is 0 Å². The molecule has 0 aromatic carbocycles. The molecule has 64 valence electrons. The van der Waals surface area contributed by atoms with E-state index in [1.807, 2.05) is 6.92 Å². The van der Waals surface area contributed by atoms with Gasteiger partial charge in [0.25, 0.3) is 0 Å². The van der Waals surface area contributed by atoms with Gasteiger partial charge in [0.15, 0.2) is 5.78 Å². The summed E-state index contributed by atoms with van der Waals surface area (Å²) in [5, 5.41) is 0. The van der Waals surface area contributed by atoms with Crippen molar-refractivity contribution >= 4 is 5.78 Å². The second-order valence-corrected chi connectivity index (χ2v) is 2.13. The number of carbonyl (C=O) groups excluding carboxylic acids is 1. The summed E-state index contributed by atoms with van der Waals surface area (Å²) in [5.41, 5.74) is 0.533. The molecule has 3 heteroatoms. The predicted molar refractivity (Wildman–Crippen MR) is 43.8 cm³/mol. The van der Waals surface area contributed by atoms with Crippen LogP contribution in [-0.4, -0.2) is 12.4 Å². The maximum absolute atomic E-state index is 11.2. The summed E-state index contributed by atoms with van der Waals surface area (Å²) >= 11 is 0. The molecule has 0 saturated heterocycles. The molecule has 0 saturated carbocycles. The minimum atomic E-state index is -0.114. The van der Waals surface area contributed by atoms with Crippen molar-refractivity contribution in [3.63, 3.8) is 0 Å². The monoisotopic (exact) mass is 166 g/mol. The lowest BCUT2D eigenvalue weighted by molar-refractivity contribution is 0.104. The zero-order valence-corrected chi connectivity index (χ0v) is 6.82. The third-order valence-corrected chi connectivity index (χ3v) is 1.29. The van der Waals surface area contributed by atoms with Gasteiger partial charge in [-0.1, -0.05) is 0 Å². The highest BCUT2D eigenvalue weighted by molar-refractivity contribution is 6.04. The van der Waals surface area contributed by atoms with E-state index < -0.39 is 0 Å². The van der Waals surface area contributed by atoms with Gasteiger partial charge in [0, 0.05) is 6.08 Å². The van der Waals surface area contributed by atoms with Crippen LogP contribution in [0.25, 0.3) is 0 Å². The highest BCUT2D eigenvalue weighted by Crippen LogP contribution is 2.01. The Morgan fingerprint density at radius 1 is 1.75 bits per heavy atom. The first-order valence-corrected chi connectivity index (χ1v) is 3.69. The molecule has 3 nitrogen and oxygen atoms in total. The molecule has 1 heterocycles. The summed E-state index contributed by atoms with van der Waals surface area (Å²) in [7, 11) is 0. The lowest BCUT2D eigenvalue weighted by atomic mass is 10.2. The van der Waals surface area contributed by atoms with Crippen molar-refractivity contribution in [3.8, 4) is 0 Å². The number of hydrogen-bond acceptors (Lipinski definition) is 3. The average molecular weight is 166 g/mol. The molecule has 0 aliphatic carbocycles. The van der Waals surface area contributed by atoms with Gasteiger partial charge in [-0.15, -0.1) is 0 Å². The predicted octanol–water partition coefficient (Wildman–Crippen LogP) is 2.01. The number of furan rings is 1. The molecule has 0 spiro atoms. The van der Waals surface area contributed by atoms with Crippen LogP contribution in [0.1, 0.15) is 17.3 Å². The van der Waals surface area contributed by atoms with Crippen LogP contribution in [0.3, 0.4) is 0 Å². The molecule has 0 bridgehead atoms. The first-order chi connectivity index (χ1) is 5.84. The molecule has 0 aliphatic heterocycles. The quantitative estimate of drug-likeness (QED) is 0.390. The molecule has 12 heavy (non-hydrogen) atoms. The number of rotatable bonds is 4. The summed E-state index contributed by atoms with van der Waals surface area (Å²) < 4.78 is 9.62. The maximum Gasteiger partial charge on any atom is 0.192 e. The van der Waals surface area contributed by atoms with E-state index in [-0.39, 0.29) is 5.78 Å². The normalized spacial score (nSPS) is 10.4. The molecular formula is C9H10O3. The van der Waals surface area contributed by atoms with Crippen LogP contribution < -0.4 is 0 Å². The molecule has 0 atom stereocenters. The molecule has 0 amide bonds. The van der Waals surface area contributed by atoms with E-state index in [0.717, 1.165) is 0 Å². The van der Waals surface area contributed by atoms with Crippen LogP contribution in [-0.2, 0) is 4.74 Å². The van der Waals surface area contributed by atoms with Crippen LogP contribution >= 0.6 is 0 Å². The van der Waals surface area contributed by atoms with Gasteiger partial charge in [-0.25, -0.2) is 0 Å². The van der Waals surface area contributed by atoms with Crippen LogP contribution in [0.2, 0.25) is 0 Å². The third-order valence-electron chi connectivity index (χ3n) is 1.29. The van der Waals surface area contributed by atoms with E-state index in [9.17, 15) is 4.79 Å². The van der Waals surface area contributed by atoms with Gasteiger partial charge in [0.05, 0.1) is 24.7 Å². The number of allylic oxidation sites excluding steroid dienone is 1. The average Bonchev–Trinajstić information content (AvgIpc) is 2.56. The van der Waals surface area contributed by atoms with Crippen molar-refractivity contribution in [1.82, 2.24) is 0 Å². The molecule has 0 radical (unpaired) electrons. The molecular weight excluding hydrogens is 156 g/mol. The Labute approximate surface area is 70.6 Å². The zero-order chi connectivity index (χ0) is 8.81. The van der Waals surface area contributed by atoms with Gasteiger partial charge >= 0.3 is 0 Å². The zero-order valence-electron chi connectivity index (χ0n) is 6.82. The Bertz CT molecular complexity index is 259. The Morgan fingerprint density at radius 3 is 3.17 bits per heavy atom. The molecule has 0 unspecified atom stereocenters. The van der Waals surface area contributed by atoms with E-state index in [1.54, 1.807) is 6.07 Å².